The number of hydrogen-bond acceptors (Lipinski definition) is 7. The SMILES string of the molecule is CCCCCn1c(=O)nc(-c2ccc(NC3CCN(CCOC)C3)nc2)c2oc3ccc(Br)cc3c21. The summed E-state index contributed by atoms with van der Waals surface area (Å²) in [5, 5.41) is 4.44. The van der Waals surface area contributed by atoms with E-state index in [-0.39, 0.29) is 5.69 Å². The number of halogens is 1. The van der Waals surface area contributed by atoms with E-state index in [1.165, 1.54) is 0 Å². The van der Waals surface area contributed by atoms with Gasteiger partial charge in [-0.15, -0.1) is 0 Å². The molecule has 1 aromatic carbocycles. The van der Waals surface area contributed by atoms with Crippen molar-refractivity contribution in [1.29, 1.82) is 0 Å². The third-order valence-corrected chi connectivity index (χ3v) is 7.30. The number of nitrogens with one attached hydrogen (secondary N) is 1. The number of pyridine rings is 1. The van der Waals surface area contributed by atoms with Gasteiger partial charge in [-0.05, 0) is 43.2 Å². The molecule has 1 unspecified atom stereocenters. The number of unbranched alkanes of at least 4 members (excludes halogenated alkanes) is 2. The van der Waals surface area contributed by atoms with E-state index in [1.54, 1.807) is 17.9 Å². The van der Waals surface area contributed by atoms with Gasteiger partial charge >= 0.3 is 5.69 Å². The number of likely N-dealkylation sites (tertiary alicyclic amines) is 1. The van der Waals surface area contributed by atoms with Gasteiger partial charge in [0, 0.05) is 60.9 Å². The molecule has 190 valence electrons. The molecule has 0 spiro atoms. The fourth-order valence-corrected chi connectivity index (χ4v) is 5.27. The second-order valence-corrected chi connectivity index (χ2v) is 10.3. The fraction of sp³-hybridized carbons (Fsp3) is 0.444. The van der Waals surface area contributed by atoms with E-state index in [4.69, 9.17) is 9.15 Å². The van der Waals surface area contributed by atoms with Crippen molar-refractivity contribution in [3.63, 3.8) is 0 Å². The smallest absolute Gasteiger partial charge is 0.348 e. The van der Waals surface area contributed by atoms with E-state index in [9.17, 15) is 4.79 Å². The number of ether oxygens (including phenoxy) is 1. The Morgan fingerprint density at radius 2 is 2.11 bits per heavy atom. The Labute approximate surface area is 218 Å². The summed E-state index contributed by atoms with van der Waals surface area (Å²) in [6, 6.07) is 10.1. The second kappa shape index (κ2) is 11.1. The molecule has 0 aliphatic carbocycles. The van der Waals surface area contributed by atoms with Crippen LogP contribution in [0.25, 0.3) is 33.3 Å². The zero-order chi connectivity index (χ0) is 25.1. The lowest BCUT2D eigenvalue weighted by molar-refractivity contribution is 0.160. The first kappa shape index (κ1) is 24.9. The van der Waals surface area contributed by atoms with Gasteiger partial charge in [0.05, 0.1) is 6.61 Å². The Bertz CT molecular complexity index is 1400. The molecule has 8 nitrogen and oxygen atoms in total. The number of hydrogen-bond donors (Lipinski definition) is 1. The molecule has 5 rings (SSSR count). The number of aromatic nitrogens is 3. The van der Waals surface area contributed by atoms with Crippen molar-refractivity contribution in [3.05, 3.63) is 51.5 Å². The number of fused-ring (bicyclic) bond motifs is 3. The summed E-state index contributed by atoms with van der Waals surface area (Å²) in [7, 11) is 1.73. The number of furan rings is 1. The first-order chi connectivity index (χ1) is 17.6. The molecule has 4 heterocycles. The molecule has 1 atom stereocenters. The number of anilines is 1. The van der Waals surface area contributed by atoms with Crippen molar-refractivity contribution in [3.8, 4) is 11.3 Å². The lowest BCUT2D eigenvalue weighted by atomic mass is 10.1. The van der Waals surface area contributed by atoms with Crippen molar-refractivity contribution >= 4 is 43.8 Å². The van der Waals surface area contributed by atoms with Crippen molar-refractivity contribution in [2.24, 2.45) is 0 Å². The molecule has 3 aromatic heterocycles. The molecule has 1 N–H and O–H groups in total. The van der Waals surface area contributed by atoms with Crippen LogP contribution in [0.1, 0.15) is 32.6 Å². The lowest BCUT2D eigenvalue weighted by Crippen LogP contribution is -2.28. The molecule has 0 bridgehead atoms. The van der Waals surface area contributed by atoms with E-state index in [1.807, 2.05) is 30.3 Å². The van der Waals surface area contributed by atoms with Crippen LogP contribution in [-0.2, 0) is 11.3 Å². The zero-order valence-corrected chi connectivity index (χ0v) is 22.4. The average Bonchev–Trinajstić information content (AvgIpc) is 3.48. The number of nitrogens with zero attached hydrogens (tertiary/aromatic N) is 4. The van der Waals surface area contributed by atoms with Crippen LogP contribution in [0.2, 0.25) is 0 Å². The lowest BCUT2D eigenvalue weighted by Gasteiger charge is -2.16. The van der Waals surface area contributed by atoms with Crippen molar-refractivity contribution in [1.82, 2.24) is 19.4 Å². The van der Waals surface area contributed by atoms with Crippen LogP contribution >= 0.6 is 15.9 Å². The third-order valence-electron chi connectivity index (χ3n) is 6.81. The molecule has 0 amide bonds. The Balaban J connectivity index is 1.46. The largest absolute Gasteiger partial charge is 0.452 e. The normalized spacial score (nSPS) is 16.4. The van der Waals surface area contributed by atoms with Crippen LogP contribution in [0.5, 0.6) is 0 Å². The summed E-state index contributed by atoms with van der Waals surface area (Å²) in [4.78, 5) is 24.7. The molecule has 0 saturated carbocycles. The maximum absolute atomic E-state index is 13.2. The summed E-state index contributed by atoms with van der Waals surface area (Å²) in [5.74, 6) is 0.815. The van der Waals surface area contributed by atoms with Gasteiger partial charge in [-0.1, -0.05) is 35.7 Å². The van der Waals surface area contributed by atoms with Gasteiger partial charge < -0.3 is 14.5 Å². The monoisotopic (exact) mass is 553 g/mol. The molecule has 1 aliphatic rings. The van der Waals surface area contributed by atoms with E-state index in [2.05, 4.69) is 43.0 Å². The molecular weight excluding hydrogens is 522 g/mol. The summed E-state index contributed by atoms with van der Waals surface area (Å²) >= 11 is 3.56. The van der Waals surface area contributed by atoms with E-state index in [0.29, 0.717) is 23.9 Å². The van der Waals surface area contributed by atoms with Gasteiger partial charge in [0.15, 0.2) is 5.58 Å². The van der Waals surface area contributed by atoms with Gasteiger partial charge in [-0.2, -0.15) is 4.98 Å². The Morgan fingerprint density at radius 1 is 1.22 bits per heavy atom. The summed E-state index contributed by atoms with van der Waals surface area (Å²) in [6.45, 7) is 6.48. The van der Waals surface area contributed by atoms with Crippen LogP contribution in [-0.4, -0.2) is 58.8 Å². The van der Waals surface area contributed by atoms with Gasteiger partial charge in [0.1, 0.15) is 22.6 Å². The minimum absolute atomic E-state index is 0.263. The zero-order valence-electron chi connectivity index (χ0n) is 20.8. The maximum atomic E-state index is 13.2. The molecule has 36 heavy (non-hydrogen) atoms. The standard InChI is InChI=1S/C27H32BrN5O3/c1-3-4-5-11-33-25-21-15-19(28)7-8-22(21)36-26(25)24(31-27(33)34)18-6-9-23(29-16-18)30-20-10-12-32(17-20)13-14-35-2/h6-9,15-16,20H,3-5,10-14,17H2,1-2H3,(H,29,30). The predicted molar refractivity (Wildman–Crippen MR) is 147 cm³/mol. The molecule has 1 saturated heterocycles. The summed E-state index contributed by atoms with van der Waals surface area (Å²) in [6.07, 6.45) is 5.89. The number of benzene rings is 1. The fourth-order valence-electron chi connectivity index (χ4n) is 4.91. The highest BCUT2D eigenvalue weighted by Crippen LogP contribution is 2.35. The Kier molecular flexibility index (Phi) is 7.69. The molecule has 0 radical (unpaired) electrons. The number of rotatable bonds is 10. The first-order valence-electron chi connectivity index (χ1n) is 12.6. The predicted octanol–water partition coefficient (Wildman–Crippen LogP) is 5.29. The molecule has 9 heteroatoms. The highest BCUT2D eigenvalue weighted by Gasteiger charge is 2.23. The highest BCUT2D eigenvalue weighted by atomic mass is 79.9. The van der Waals surface area contributed by atoms with Crippen LogP contribution in [0.4, 0.5) is 5.82 Å². The second-order valence-electron chi connectivity index (χ2n) is 9.38. The quantitative estimate of drug-likeness (QED) is 0.267. The summed E-state index contributed by atoms with van der Waals surface area (Å²) < 4.78 is 14.2. The van der Waals surface area contributed by atoms with Crippen LogP contribution in [0, 0.1) is 0 Å². The Hall–Kier alpha value is -2.75. The van der Waals surface area contributed by atoms with Crippen molar-refractivity contribution < 1.29 is 9.15 Å². The van der Waals surface area contributed by atoms with Gasteiger partial charge in [0.25, 0.3) is 0 Å². The average molecular weight is 554 g/mol. The molecule has 1 fully saturated rings. The maximum Gasteiger partial charge on any atom is 0.348 e. The Morgan fingerprint density at radius 3 is 2.89 bits per heavy atom. The van der Waals surface area contributed by atoms with Gasteiger partial charge in [-0.25, -0.2) is 9.78 Å². The minimum Gasteiger partial charge on any atom is -0.452 e. The van der Waals surface area contributed by atoms with Crippen molar-refractivity contribution in [2.45, 2.75) is 45.2 Å². The van der Waals surface area contributed by atoms with E-state index < -0.39 is 0 Å². The third kappa shape index (κ3) is 5.19. The molecule has 1 aliphatic heterocycles. The van der Waals surface area contributed by atoms with Crippen LogP contribution in [0.15, 0.2) is 50.2 Å². The van der Waals surface area contributed by atoms with E-state index in [0.717, 1.165) is 84.3 Å². The van der Waals surface area contributed by atoms with Crippen molar-refractivity contribution in [2.75, 3.05) is 38.7 Å². The highest BCUT2D eigenvalue weighted by molar-refractivity contribution is 9.10. The molecule has 4 aromatic rings. The van der Waals surface area contributed by atoms with Crippen LogP contribution in [0.3, 0.4) is 0 Å². The van der Waals surface area contributed by atoms with Gasteiger partial charge in [0.2, 0.25) is 0 Å². The number of methoxy groups -OCH3 is 1. The first-order valence-corrected chi connectivity index (χ1v) is 13.4. The number of aryl methyl sites for hydroxylation is 1. The van der Waals surface area contributed by atoms with Crippen LogP contribution < -0.4 is 11.0 Å². The van der Waals surface area contributed by atoms with E-state index >= 15 is 0 Å². The minimum atomic E-state index is -0.263. The molecular formula is C27H32BrN5O3. The summed E-state index contributed by atoms with van der Waals surface area (Å²) in [5.41, 5.74) is 3.17. The topological polar surface area (TPSA) is 85.4 Å². The van der Waals surface area contributed by atoms with Gasteiger partial charge in [-0.3, -0.25) is 9.47 Å².